The van der Waals surface area contributed by atoms with Crippen molar-refractivity contribution in [2.45, 2.75) is 0 Å². The Labute approximate surface area is 254 Å². The Hall–Kier alpha value is -0.913. The zero-order valence-electron chi connectivity index (χ0n) is 19.6. The van der Waals surface area contributed by atoms with Crippen molar-refractivity contribution in [3.8, 4) is 17.7 Å². The van der Waals surface area contributed by atoms with E-state index in [1.165, 1.54) is 11.1 Å². The van der Waals surface area contributed by atoms with Crippen molar-refractivity contribution in [3.63, 3.8) is 0 Å². The molecule has 1 aliphatic rings. The maximum absolute atomic E-state index is 2.42. The van der Waals surface area contributed by atoms with E-state index >= 15 is 0 Å². The molecule has 180 valence electrons. The molecular formula is C31H21Se6+. The first-order chi connectivity index (χ1) is 18.3. The second-order valence-corrected chi connectivity index (χ2v) is 20.6. The topological polar surface area (TPSA) is 0 Å². The molecule has 6 rings (SSSR count). The fraction of sp³-hybridized carbons (Fsp3) is 0. The Bertz CT molecular complexity index is 1500. The molecule has 0 N–H and O–H groups in total. The summed E-state index contributed by atoms with van der Waals surface area (Å²) in [5.74, 6) is 0. The van der Waals surface area contributed by atoms with Crippen LogP contribution in [0.1, 0.15) is 14.4 Å². The molecule has 1 aliphatic heterocycles. The Morgan fingerprint density at radius 2 is 1.08 bits per heavy atom. The predicted octanol–water partition coefficient (Wildman–Crippen LogP) is 5.88. The van der Waals surface area contributed by atoms with E-state index in [1.807, 2.05) is 0 Å². The average Bonchev–Trinajstić information content (AvgIpc) is 3.75. The van der Waals surface area contributed by atoms with Crippen molar-refractivity contribution in [2.24, 2.45) is 0 Å². The molecule has 0 aliphatic carbocycles. The molecule has 6 heterocycles. The molecule has 0 radical (unpaired) electrons. The molecule has 0 nitrogen and oxygen atoms in total. The Morgan fingerprint density at radius 1 is 0.568 bits per heavy atom. The summed E-state index contributed by atoms with van der Waals surface area (Å²) in [5, 5.41) is 0. The summed E-state index contributed by atoms with van der Waals surface area (Å²) in [6.45, 7) is 0. The van der Waals surface area contributed by atoms with Crippen molar-refractivity contribution in [1.82, 2.24) is 0 Å². The van der Waals surface area contributed by atoms with Gasteiger partial charge in [0.05, 0.1) is 0 Å². The molecule has 0 bridgehead atoms. The van der Waals surface area contributed by atoms with Gasteiger partial charge in [-0.1, -0.05) is 0 Å². The van der Waals surface area contributed by atoms with E-state index in [0.717, 1.165) is 0 Å². The minimum absolute atomic E-state index is 0.407. The molecule has 0 aromatic carbocycles. The number of hydrogen-bond acceptors (Lipinski definition) is 0. The van der Waals surface area contributed by atoms with Crippen molar-refractivity contribution in [2.75, 3.05) is 0 Å². The predicted molar refractivity (Wildman–Crippen MR) is 167 cm³/mol. The normalized spacial score (nSPS) is 13.9. The molecule has 6 heteroatoms. The third kappa shape index (κ3) is 6.81. The van der Waals surface area contributed by atoms with Crippen LogP contribution < -0.4 is 0 Å². The second kappa shape index (κ2) is 13.0. The van der Waals surface area contributed by atoms with Gasteiger partial charge in [-0.05, 0) is 0 Å². The fourth-order valence-electron chi connectivity index (χ4n) is 3.79. The van der Waals surface area contributed by atoms with Gasteiger partial charge in [0.1, 0.15) is 0 Å². The van der Waals surface area contributed by atoms with E-state index in [-0.39, 0.29) is 0 Å². The van der Waals surface area contributed by atoms with Gasteiger partial charge in [-0.2, -0.15) is 0 Å². The third-order valence-corrected chi connectivity index (χ3v) is 20.4. The number of rotatable bonds is 7. The van der Waals surface area contributed by atoms with Gasteiger partial charge in [-0.25, -0.2) is 0 Å². The van der Waals surface area contributed by atoms with Crippen LogP contribution in [0, 0.1) is 0 Å². The molecule has 37 heavy (non-hydrogen) atoms. The van der Waals surface area contributed by atoms with Crippen LogP contribution in [0.3, 0.4) is 0 Å². The SMILES string of the molecule is C(/C=C/C=C/c1cc(-c2ccc[se]2)[se+]c(-c2ccc[se]2)c1)=C1C=C(c2ccc[se]2)[Se]C(c2ccc[se]2)=C1. The van der Waals surface area contributed by atoms with Gasteiger partial charge in [-0.15, -0.1) is 0 Å². The first-order valence-electron chi connectivity index (χ1n) is 11.6. The van der Waals surface area contributed by atoms with Crippen LogP contribution in [0.25, 0.3) is 32.8 Å². The molecule has 5 aromatic rings. The average molecular weight is 867 g/mol. The van der Waals surface area contributed by atoms with Gasteiger partial charge in [0.15, 0.2) is 0 Å². The van der Waals surface area contributed by atoms with E-state index in [4.69, 9.17) is 0 Å². The zero-order valence-corrected chi connectivity index (χ0v) is 29.9. The van der Waals surface area contributed by atoms with E-state index in [1.54, 1.807) is 35.6 Å². The van der Waals surface area contributed by atoms with Gasteiger partial charge in [-0.3, -0.25) is 0 Å². The monoisotopic (exact) mass is 873 g/mol. The van der Waals surface area contributed by atoms with Gasteiger partial charge in [0.25, 0.3) is 0 Å². The quantitative estimate of drug-likeness (QED) is 0.142. The van der Waals surface area contributed by atoms with Gasteiger partial charge >= 0.3 is 257 Å². The molecule has 0 atom stereocenters. The zero-order chi connectivity index (χ0) is 24.9. The Morgan fingerprint density at radius 3 is 1.57 bits per heavy atom. The molecule has 0 amide bonds. The van der Waals surface area contributed by atoms with Gasteiger partial charge in [0.2, 0.25) is 0 Å². The fourth-order valence-corrected chi connectivity index (χ4v) is 17.1. The van der Waals surface area contributed by atoms with E-state index in [2.05, 4.69) is 123 Å². The molecular weight excluding hydrogens is 846 g/mol. The van der Waals surface area contributed by atoms with Crippen LogP contribution in [-0.4, -0.2) is 87.5 Å². The summed E-state index contributed by atoms with van der Waals surface area (Å²) in [6, 6.07) is 23.0. The van der Waals surface area contributed by atoms with E-state index < -0.39 is 0 Å². The van der Waals surface area contributed by atoms with E-state index in [9.17, 15) is 0 Å². The molecule has 0 fully saturated rings. The number of allylic oxidation sites excluding steroid dienone is 7. The van der Waals surface area contributed by atoms with E-state index in [0.29, 0.717) is 87.5 Å². The first kappa shape index (κ1) is 26.3. The van der Waals surface area contributed by atoms with Crippen molar-refractivity contribution in [3.05, 3.63) is 137 Å². The van der Waals surface area contributed by atoms with Crippen LogP contribution in [0.5, 0.6) is 0 Å². The van der Waals surface area contributed by atoms with Gasteiger partial charge in [0, 0.05) is 0 Å². The number of hydrogen-bond donors (Lipinski definition) is 0. The van der Waals surface area contributed by atoms with Crippen LogP contribution in [0.4, 0.5) is 0 Å². The van der Waals surface area contributed by atoms with Crippen LogP contribution in [0.2, 0.25) is 0 Å². The molecule has 5 aromatic heterocycles. The van der Waals surface area contributed by atoms with Crippen LogP contribution in [0.15, 0.2) is 122 Å². The molecule has 0 unspecified atom stereocenters. The summed E-state index contributed by atoms with van der Waals surface area (Å²) in [6.07, 6.45) is 16.0. The van der Waals surface area contributed by atoms with Crippen molar-refractivity contribution >= 4 is 102 Å². The summed E-state index contributed by atoms with van der Waals surface area (Å²) < 4.78 is 12.4. The molecule has 0 saturated heterocycles. The summed E-state index contributed by atoms with van der Waals surface area (Å²) >= 11 is 2.77. The third-order valence-electron chi connectivity index (χ3n) is 5.49. The first-order valence-corrected chi connectivity index (χ1v) is 22.4. The summed E-state index contributed by atoms with van der Waals surface area (Å²) in [7, 11) is 0. The Balaban J connectivity index is 1.26. The standard InChI is InChI=1S/C31H21Se6/c1(2-8-22-18-28(24-10-4-14-32-24)36-29(19-22)25-11-5-15-33-25)3-9-23-20-30(26-12-6-16-34-26)37-31(21-23)27-13-7-17-35-27/h1-21H/q+1. The van der Waals surface area contributed by atoms with Crippen molar-refractivity contribution < 1.29 is 0 Å². The minimum atomic E-state index is 0.407. The second-order valence-electron chi connectivity index (χ2n) is 8.06. The molecule has 0 spiro atoms. The summed E-state index contributed by atoms with van der Waals surface area (Å²) in [5.41, 5.74) is 2.64. The van der Waals surface area contributed by atoms with Crippen LogP contribution in [-0.2, 0) is 0 Å². The maximum atomic E-state index is 2.42. The Kier molecular flexibility index (Phi) is 9.22. The van der Waals surface area contributed by atoms with Crippen molar-refractivity contribution in [1.29, 1.82) is 0 Å². The summed E-state index contributed by atoms with van der Waals surface area (Å²) in [4.78, 5) is 9.32. The van der Waals surface area contributed by atoms with Gasteiger partial charge < -0.3 is 0 Å². The van der Waals surface area contributed by atoms with Crippen LogP contribution >= 0.6 is 0 Å². The molecule has 0 saturated carbocycles.